The third-order valence-electron chi connectivity index (χ3n) is 18.6. The molecular weight excluding hydrogens is 1310 g/mol. The molecule has 3 heterocycles. The van der Waals surface area contributed by atoms with Crippen LogP contribution in [-0.2, 0) is 33.2 Å². The molecule has 0 aliphatic carbocycles. The van der Waals surface area contributed by atoms with Crippen molar-refractivity contribution in [1.29, 1.82) is 0 Å². The minimum atomic E-state index is -2.00. The van der Waals surface area contributed by atoms with Gasteiger partial charge in [0.2, 0.25) is 5.91 Å². The summed E-state index contributed by atoms with van der Waals surface area (Å²) in [4.78, 5) is 13.4. The van der Waals surface area contributed by atoms with Crippen LogP contribution in [0.3, 0.4) is 0 Å². The number of aliphatic hydroxyl groups is 11. The van der Waals surface area contributed by atoms with Crippen LogP contribution in [0.25, 0.3) is 0 Å². The minimum absolute atomic E-state index is 0.142. The third-order valence-corrected chi connectivity index (χ3v) is 18.6. The number of carbonyl (C=O) groups excluding carboxylic acids is 1. The highest BCUT2D eigenvalue weighted by Crippen LogP contribution is 2.33. The van der Waals surface area contributed by atoms with Gasteiger partial charge in [-0.05, 0) is 109 Å². The van der Waals surface area contributed by atoms with Crippen molar-refractivity contribution in [3.8, 4) is 0 Å². The Morgan fingerprint density at radius 3 is 1.09 bits per heavy atom. The van der Waals surface area contributed by atoms with E-state index in [0.717, 1.165) is 83.5 Å². The number of unbranched alkanes of at least 4 members (excludes halogenated alkanes) is 22. The van der Waals surface area contributed by atoms with Crippen molar-refractivity contribution in [3.63, 3.8) is 0 Å². The fourth-order valence-corrected chi connectivity index (χ4v) is 12.3. The highest BCUT2D eigenvalue weighted by atomic mass is 16.8. The summed E-state index contributed by atoms with van der Waals surface area (Å²) >= 11 is 0. The van der Waals surface area contributed by atoms with Crippen LogP contribution >= 0.6 is 0 Å². The van der Waals surface area contributed by atoms with Crippen molar-refractivity contribution in [3.05, 3.63) is 146 Å². The monoisotopic (exact) mass is 1450 g/mol. The van der Waals surface area contributed by atoms with E-state index in [4.69, 9.17) is 28.4 Å². The summed E-state index contributed by atoms with van der Waals surface area (Å²) in [7, 11) is 0. The molecule has 19 heteroatoms. The summed E-state index contributed by atoms with van der Waals surface area (Å²) in [5.74, 6) is -0.352. The average Bonchev–Trinajstić information content (AvgIpc) is 0.781. The molecule has 3 fully saturated rings. The molecule has 17 atom stereocenters. The Hall–Kier alpha value is -4.33. The van der Waals surface area contributed by atoms with Crippen LogP contribution in [0.1, 0.15) is 245 Å². The van der Waals surface area contributed by atoms with Crippen LogP contribution in [0.2, 0.25) is 0 Å². The van der Waals surface area contributed by atoms with Crippen LogP contribution < -0.4 is 5.32 Å². The maximum Gasteiger partial charge on any atom is 0.220 e. The summed E-state index contributed by atoms with van der Waals surface area (Å²) in [6.45, 7) is 1.55. The molecular formula is C84H139NO18. The zero-order valence-electron chi connectivity index (χ0n) is 62.7. The Kier molecular flexibility index (Phi) is 56.5. The molecule has 103 heavy (non-hydrogen) atoms. The Bertz CT molecular complexity index is 2430. The number of hydrogen-bond acceptors (Lipinski definition) is 18. The topological polar surface area (TPSA) is 307 Å². The number of rotatable bonds is 60. The summed E-state index contributed by atoms with van der Waals surface area (Å²) in [5, 5.41) is 121. The molecule has 3 rings (SSSR count). The van der Waals surface area contributed by atoms with Gasteiger partial charge >= 0.3 is 0 Å². The van der Waals surface area contributed by atoms with Gasteiger partial charge in [-0.2, -0.15) is 0 Å². The Balaban J connectivity index is 1.44. The van der Waals surface area contributed by atoms with Gasteiger partial charge in [-0.3, -0.25) is 4.79 Å². The second kappa shape index (κ2) is 62.7. The van der Waals surface area contributed by atoms with Gasteiger partial charge in [0.05, 0.1) is 38.6 Å². The van der Waals surface area contributed by atoms with E-state index in [1.54, 1.807) is 6.08 Å². The van der Waals surface area contributed by atoms with Crippen LogP contribution in [0.5, 0.6) is 0 Å². The lowest BCUT2D eigenvalue weighted by Crippen LogP contribution is -2.66. The minimum Gasteiger partial charge on any atom is -0.394 e. The standard InChI is InChI=1S/C84H139NO18/c1-3-5-7-9-11-13-15-17-19-21-23-25-27-29-31-33-35-37-39-41-43-45-47-49-51-53-55-57-59-61-68(89)67(85-72(90)62-60-58-56-54-52-50-48-46-44-42-40-38-36-34-32-30-28-26-24-22-20-18-16-14-12-10-8-6-4-2)66-98-82-78(96)75(93)80(70(64-87)100-82)103-84-79(97)76(94)81(71(65-88)101-84)102-83-77(95)74(92)73(91)69(63-86)99-83/h6,8,12,14,18,20,24,26,30,32,36,38,42-45,48,50-51,53-54,56,59,61,67-71,73-84,86-89,91-97H,3-5,7,9-11,13,15-17,19,21-23,25,27-29,31,33-35,37,39-41,46-47,49,52,55,57-58,60,62-66H2,1-2H3,(H,85,90)/b8-6-,14-12-,20-18-,26-24-,32-30-,38-36-,44-42-,45-43+,50-48-,53-51+,56-54-,61-59+. The molecule has 12 N–H and O–H groups in total. The zero-order valence-corrected chi connectivity index (χ0v) is 62.7. The van der Waals surface area contributed by atoms with Crippen molar-refractivity contribution >= 4 is 5.91 Å². The van der Waals surface area contributed by atoms with E-state index in [0.29, 0.717) is 19.3 Å². The fourth-order valence-electron chi connectivity index (χ4n) is 12.3. The second-order valence-electron chi connectivity index (χ2n) is 27.4. The van der Waals surface area contributed by atoms with E-state index < -0.39 is 131 Å². The first-order chi connectivity index (χ1) is 50.3. The molecule has 0 aromatic carbocycles. The van der Waals surface area contributed by atoms with Crippen molar-refractivity contribution in [2.24, 2.45) is 0 Å². The van der Waals surface area contributed by atoms with Crippen molar-refractivity contribution in [2.75, 3.05) is 26.4 Å². The number of aliphatic hydroxyl groups excluding tert-OH is 11. The van der Waals surface area contributed by atoms with Crippen LogP contribution in [0.15, 0.2) is 146 Å². The lowest BCUT2D eigenvalue weighted by Gasteiger charge is -2.48. The van der Waals surface area contributed by atoms with Gasteiger partial charge in [0, 0.05) is 6.42 Å². The van der Waals surface area contributed by atoms with Crippen LogP contribution in [0.4, 0.5) is 0 Å². The first kappa shape index (κ1) is 92.9. The van der Waals surface area contributed by atoms with Crippen LogP contribution in [0, 0.1) is 0 Å². The molecule has 1 amide bonds. The molecule has 0 saturated carbocycles. The van der Waals surface area contributed by atoms with Crippen LogP contribution in [-0.4, -0.2) is 193 Å². The lowest BCUT2D eigenvalue weighted by atomic mass is 9.96. The Labute approximate surface area is 619 Å². The smallest absolute Gasteiger partial charge is 0.220 e. The predicted molar refractivity (Wildman–Crippen MR) is 410 cm³/mol. The highest BCUT2D eigenvalue weighted by Gasteiger charge is 2.53. The van der Waals surface area contributed by atoms with E-state index in [1.807, 2.05) is 12.2 Å². The van der Waals surface area contributed by atoms with Gasteiger partial charge < -0.3 is 89.9 Å². The SMILES string of the molecule is CC/C=C\C/C=C\C/C=C\C/C=C\C/C=C\C/C=C\C/C=C\C/C=C\C/C=C\CCCC(=O)NC(COC1OC(CO)C(OC2OC(CO)C(OC3OC(CO)C(O)C(O)C3O)C(O)C2O)C(O)C1O)C(O)/C=C/CC/C=C/CC/C=C/CCCCCCCCCCCCCCCCCCCCC. The molecule has 588 valence electrons. The van der Waals surface area contributed by atoms with E-state index in [2.05, 4.69) is 147 Å². The second-order valence-corrected chi connectivity index (χ2v) is 27.4. The first-order valence-corrected chi connectivity index (χ1v) is 39.6. The number of carbonyl (C=O) groups is 1. The van der Waals surface area contributed by atoms with Gasteiger partial charge in [-0.25, -0.2) is 0 Å². The number of ether oxygens (including phenoxy) is 6. The molecule has 0 bridgehead atoms. The Morgan fingerprint density at radius 2 is 0.680 bits per heavy atom. The molecule has 0 aromatic heterocycles. The van der Waals surface area contributed by atoms with Gasteiger partial charge in [-0.1, -0.05) is 275 Å². The van der Waals surface area contributed by atoms with E-state index in [-0.39, 0.29) is 12.3 Å². The molecule has 3 aliphatic rings. The molecule has 0 spiro atoms. The van der Waals surface area contributed by atoms with Gasteiger partial charge in [0.15, 0.2) is 18.9 Å². The van der Waals surface area contributed by atoms with Crippen molar-refractivity contribution in [2.45, 2.75) is 349 Å². The Morgan fingerprint density at radius 1 is 0.359 bits per heavy atom. The lowest BCUT2D eigenvalue weighted by molar-refractivity contribution is -0.379. The summed E-state index contributed by atoms with van der Waals surface area (Å²) in [5.41, 5.74) is 0. The third kappa shape index (κ3) is 42.7. The molecule has 0 radical (unpaired) electrons. The van der Waals surface area contributed by atoms with Gasteiger partial charge in [0.25, 0.3) is 0 Å². The zero-order chi connectivity index (χ0) is 74.6. The molecule has 0 aromatic rings. The summed E-state index contributed by atoms with van der Waals surface area (Å²) in [6.07, 6.45) is 64.1. The van der Waals surface area contributed by atoms with Gasteiger partial charge in [0.1, 0.15) is 73.2 Å². The number of allylic oxidation sites excluding steroid dienone is 23. The molecule has 17 unspecified atom stereocenters. The van der Waals surface area contributed by atoms with E-state index >= 15 is 0 Å². The summed E-state index contributed by atoms with van der Waals surface area (Å²) < 4.78 is 34.4. The van der Waals surface area contributed by atoms with Crippen molar-refractivity contribution < 1.29 is 89.4 Å². The average molecular weight is 1450 g/mol. The van der Waals surface area contributed by atoms with Gasteiger partial charge in [-0.15, -0.1) is 0 Å². The van der Waals surface area contributed by atoms with E-state index in [1.165, 1.54) is 122 Å². The van der Waals surface area contributed by atoms with Crippen molar-refractivity contribution in [1.82, 2.24) is 5.32 Å². The largest absolute Gasteiger partial charge is 0.394 e. The molecule has 3 aliphatic heterocycles. The summed E-state index contributed by atoms with van der Waals surface area (Å²) in [6, 6.07) is -1.04. The highest BCUT2D eigenvalue weighted by molar-refractivity contribution is 5.76. The predicted octanol–water partition coefficient (Wildman–Crippen LogP) is 13.1. The first-order valence-electron chi connectivity index (χ1n) is 39.6. The number of nitrogens with one attached hydrogen (secondary N) is 1. The molecule has 3 saturated heterocycles. The fraction of sp³-hybridized carbons (Fsp3) is 0.702. The maximum atomic E-state index is 13.4. The number of hydrogen-bond donors (Lipinski definition) is 12. The normalized spacial score (nSPS) is 26.9. The van der Waals surface area contributed by atoms with E-state index in [9.17, 15) is 61.0 Å². The maximum absolute atomic E-state index is 13.4. The number of amides is 1. The molecule has 19 nitrogen and oxygen atoms in total. The quantitative estimate of drug-likeness (QED) is 0.0199.